The number of benzene rings is 1. The van der Waals surface area contributed by atoms with Gasteiger partial charge in [-0.15, -0.1) is 0 Å². The molecule has 1 aromatic carbocycles. The van der Waals surface area contributed by atoms with Gasteiger partial charge in [-0.2, -0.15) is 0 Å². The molecule has 1 nitrogen and oxygen atoms in total. The molecule has 0 aromatic heterocycles. The van der Waals surface area contributed by atoms with Gasteiger partial charge < -0.3 is 0 Å². The lowest BCUT2D eigenvalue weighted by molar-refractivity contribution is 0.0976. The van der Waals surface area contributed by atoms with Crippen molar-refractivity contribution in [3.8, 4) is 0 Å². The van der Waals surface area contributed by atoms with Gasteiger partial charge in [0.1, 0.15) is 0 Å². The predicted molar refractivity (Wildman–Crippen MR) is 56.2 cm³/mol. The lowest BCUT2D eigenvalue weighted by Crippen LogP contribution is -2.00. The zero-order valence-corrected chi connectivity index (χ0v) is 8.83. The van der Waals surface area contributed by atoms with E-state index < -0.39 is 0 Å². The molecule has 0 heterocycles. The fourth-order valence-corrected chi connectivity index (χ4v) is 2.07. The van der Waals surface area contributed by atoms with Gasteiger partial charge in [-0.3, -0.25) is 4.79 Å². The van der Waals surface area contributed by atoms with E-state index in [9.17, 15) is 4.79 Å². The molecule has 1 aliphatic rings. The summed E-state index contributed by atoms with van der Waals surface area (Å²) < 4.78 is 0. The van der Waals surface area contributed by atoms with Crippen molar-refractivity contribution in [2.75, 3.05) is 0 Å². The van der Waals surface area contributed by atoms with Gasteiger partial charge >= 0.3 is 0 Å². The smallest absolute Gasteiger partial charge is 0.163 e. The van der Waals surface area contributed by atoms with Crippen molar-refractivity contribution >= 4 is 21.7 Å². The Hall–Kier alpha value is -0.630. The molecular formula is C11H11BrO. The Bertz CT molecular complexity index is 307. The summed E-state index contributed by atoms with van der Waals surface area (Å²) in [5.41, 5.74) is 0.842. The second-order valence-electron chi connectivity index (χ2n) is 3.51. The molecule has 1 saturated carbocycles. The number of rotatable bonds is 3. The molecule has 0 N–H and O–H groups in total. The van der Waals surface area contributed by atoms with Crippen LogP contribution < -0.4 is 0 Å². The molecule has 1 aliphatic carbocycles. The second kappa shape index (κ2) is 3.62. The molecule has 13 heavy (non-hydrogen) atoms. The maximum atomic E-state index is 11.6. The van der Waals surface area contributed by atoms with Crippen LogP contribution in [0.15, 0.2) is 30.3 Å². The van der Waals surface area contributed by atoms with E-state index in [4.69, 9.17) is 0 Å². The van der Waals surface area contributed by atoms with Gasteiger partial charge in [-0.1, -0.05) is 46.3 Å². The van der Waals surface area contributed by atoms with E-state index in [1.165, 1.54) is 0 Å². The van der Waals surface area contributed by atoms with Crippen LogP contribution in [0.5, 0.6) is 0 Å². The molecule has 2 unspecified atom stereocenters. The molecule has 68 valence electrons. The van der Waals surface area contributed by atoms with Crippen LogP contribution in [0.2, 0.25) is 0 Å². The average Bonchev–Trinajstić information content (AvgIpc) is 2.83. The fraction of sp³-hybridized carbons (Fsp3) is 0.364. The van der Waals surface area contributed by atoms with E-state index in [0.29, 0.717) is 17.2 Å². The molecular weight excluding hydrogens is 228 g/mol. The third-order valence-corrected chi connectivity index (χ3v) is 3.50. The van der Waals surface area contributed by atoms with Crippen molar-refractivity contribution in [3.63, 3.8) is 0 Å². The summed E-state index contributed by atoms with van der Waals surface area (Å²) in [6, 6.07) is 9.51. The van der Waals surface area contributed by atoms with Crippen LogP contribution in [0.4, 0.5) is 0 Å². The normalized spacial score (nSPS) is 25.6. The standard InChI is InChI=1S/C11H11BrO/c12-10-6-9(10)7-11(13)8-4-2-1-3-5-8/h1-5,9-10H,6-7H2. The number of hydrogen-bond donors (Lipinski definition) is 0. The zero-order chi connectivity index (χ0) is 9.26. The van der Waals surface area contributed by atoms with Crippen molar-refractivity contribution < 1.29 is 4.79 Å². The summed E-state index contributed by atoms with van der Waals surface area (Å²) in [6.07, 6.45) is 1.85. The summed E-state index contributed by atoms with van der Waals surface area (Å²) >= 11 is 3.50. The van der Waals surface area contributed by atoms with Gasteiger partial charge in [0.2, 0.25) is 0 Å². The molecule has 2 rings (SSSR count). The minimum atomic E-state index is 0.271. The Labute approximate surface area is 86.3 Å². The number of halogens is 1. The monoisotopic (exact) mass is 238 g/mol. The van der Waals surface area contributed by atoms with Gasteiger partial charge in [-0.05, 0) is 12.3 Å². The van der Waals surface area contributed by atoms with Crippen LogP contribution in [-0.4, -0.2) is 10.6 Å². The molecule has 1 fully saturated rings. The van der Waals surface area contributed by atoms with Crippen LogP contribution in [0.3, 0.4) is 0 Å². The maximum Gasteiger partial charge on any atom is 0.163 e. The van der Waals surface area contributed by atoms with E-state index >= 15 is 0 Å². The topological polar surface area (TPSA) is 17.1 Å². The van der Waals surface area contributed by atoms with Crippen LogP contribution in [0.1, 0.15) is 23.2 Å². The summed E-state index contributed by atoms with van der Waals surface area (Å²) in [5.74, 6) is 0.847. The molecule has 0 saturated heterocycles. The Morgan fingerprint density at radius 2 is 2.00 bits per heavy atom. The number of carbonyl (C=O) groups excluding carboxylic acids is 1. The Kier molecular flexibility index (Phi) is 2.49. The minimum Gasteiger partial charge on any atom is -0.294 e. The van der Waals surface area contributed by atoms with E-state index in [2.05, 4.69) is 15.9 Å². The molecule has 2 atom stereocenters. The third kappa shape index (κ3) is 2.19. The molecule has 1 aromatic rings. The van der Waals surface area contributed by atoms with Gasteiger partial charge in [-0.25, -0.2) is 0 Å². The Morgan fingerprint density at radius 3 is 2.54 bits per heavy atom. The first-order valence-corrected chi connectivity index (χ1v) is 5.41. The van der Waals surface area contributed by atoms with E-state index in [1.54, 1.807) is 0 Å². The van der Waals surface area contributed by atoms with Crippen molar-refractivity contribution in [2.24, 2.45) is 5.92 Å². The first kappa shape index (κ1) is 8.95. The van der Waals surface area contributed by atoms with Gasteiger partial charge in [0, 0.05) is 16.8 Å². The van der Waals surface area contributed by atoms with E-state index in [0.717, 1.165) is 12.0 Å². The van der Waals surface area contributed by atoms with E-state index in [1.807, 2.05) is 30.3 Å². The summed E-state index contributed by atoms with van der Waals surface area (Å²) in [5, 5.41) is 0. The number of ketones is 1. The largest absolute Gasteiger partial charge is 0.294 e. The Balaban J connectivity index is 1.98. The lowest BCUT2D eigenvalue weighted by Gasteiger charge is -1.98. The molecule has 2 heteroatoms. The minimum absolute atomic E-state index is 0.271. The lowest BCUT2D eigenvalue weighted by atomic mass is 10.1. The zero-order valence-electron chi connectivity index (χ0n) is 7.24. The highest BCUT2D eigenvalue weighted by Crippen LogP contribution is 2.40. The molecule has 0 spiro atoms. The van der Waals surface area contributed by atoms with Crippen molar-refractivity contribution in [2.45, 2.75) is 17.7 Å². The molecule has 0 amide bonds. The summed E-state index contributed by atoms with van der Waals surface area (Å²) in [6.45, 7) is 0. The highest BCUT2D eigenvalue weighted by atomic mass is 79.9. The third-order valence-electron chi connectivity index (χ3n) is 2.38. The van der Waals surface area contributed by atoms with Crippen molar-refractivity contribution in [1.82, 2.24) is 0 Å². The summed E-state index contributed by atoms with van der Waals surface area (Å²) in [7, 11) is 0. The number of hydrogen-bond acceptors (Lipinski definition) is 1. The second-order valence-corrected chi connectivity index (χ2v) is 4.68. The van der Waals surface area contributed by atoms with Gasteiger partial charge in [0.05, 0.1) is 0 Å². The van der Waals surface area contributed by atoms with Crippen LogP contribution in [0.25, 0.3) is 0 Å². The van der Waals surface area contributed by atoms with Crippen LogP contribution >= 0.6 is 15.9 Å². The van der Waals surface area contributed by atoms with Crippen LogP contribution in [-0.2, 0) is 0 Å². The molecule has 0 bridgehead atoms. The maximum absolute atomic E-state index is 11.6. The van der Waals surface area contributed by atoms with Crippen molar-refractivity contribution in [3.05, 3.63) is 35.9 Å². The van der Waals surface area contributed by atoms with Gasteiger partial charge in [0.15, 0.2) is 5.78 Å². The molecule has 0 aliphatic heterocycles. The first-order valence-electron chi connectivity index (χ1n) is 4.49. The first-order chi connectivity index (χ1) is 6.27. The van der Waals surface area contributed by atoms with Crippen molar-refractivity contribution in [1.29, 1.82) is 0 Å². The number of Topliss-reactive ketones (excluding diaryl/α,β-unsaturated/α-hetero) is 1. The number of alkyl halides is 1. The fourth-order valence-electron chi connectivity index (χ4n) is 1.40. The van der Waals surface area contributed by atoms with E-state index in [-0.39, 0.29) is 5.78 Å². The predicted octanol–water partition coefficient (Wildman–Crippen LogP) is 3.04. The highest BCUT2D eigenvalue weighted by Gasteiger charge is 2.36. The SMILES string of the molecule is O=C(CC1CC1Br)c1ccccc1. The Morgan fingerprint density at radius 1 is 1.38 bits per heavy atom. The number of carbonyl (C=O) groups is 1. The molecule has 0 radical (unpaired) electrons. The highest BCUT2D eigenvalue weighted by molar-refractivity contribution is 9.09. The van der Waals surface area contributed by atoms with Crippen LogP contribution in [0, 0.1) is 5.92 Å². The quantitative estimate of drug-likeness (QED) is 0.585. The summed E-state index contributed by atoms with van der Waals surface area (Å²) in [4.78, 5) is 12.2. The average molecular weight is 239 g/mol. The van der Waals surface area contributed by atoms with Gasteiger partial charge in [0.25, 0.3) is 0 Å².